The first-order valence-electron chi connectivity index (χ1n) is 7.67. The van der Waals surface area contributed by atoms with Crippen LogP contribution in [-0.4, -0.2) is 16.2 Å². The Morgan fingerprint density at radius 3 is 2.30 bits per heavy atom. The van der Waals surface area contributed by atoms with E-state index >= 15 is 0 Å². The van der Waals surface area contributed by atoms with Crippen LogP contribution in [0, 0.1) is 24.7 Å². The Morgan fingerprint density at radius 1 is 1.25 bits per heavy atom. The fraction of sp³-hybridized carbons (Fsp3) is 0.733. The molecule has 4 fully saturated rings. The van der Waals surface area contributed by atoms with Gasteiger partial charge in [0.15, 0.2) is 0 Å². The zero-order chi connectivity index (χ0) is 13.9. The third-order valence-electron chi connectivity index (χ3n) is 5.75. The smallest absolute Gasteiger partial charge is 0.211 e. The van der Waals surface area contributed by atoms with E-state index in [0.717, 1.165) is 23.4 Å². The fourth-order valence-corrected chi connectivity index (χ4v) is 5.47. The van der Waals surface area contributed by atoms with E-state index in [2.05, 4.69) is 15.1 Å². The predicted molar refractivity (Wildman–Crippen MR) is 77.2 cm³/mol. The molecule has 0 unspecified atom stereocenters. The van der Waals surface area contributed by atoms with Crippen LogP contribution in [0.15, 0.2) is 0 Å². The van der Waals surface area contributed by atoms with Crippen LogP contribution in [0.4, 0.5) is 11.5 Å². The van der Waals surface area contributed by atoms with Gasteiger partial charge >= 0.3 is 0 Å². The molecule has 4 bridgehead atoms. The maximum atomic E-state index is 10.7. The molecule has 108 valence electrons. The molecule has 4 aliphatic carbocycles. The highest BCUT2D eigenvalue weighted by atomic mass is 16.1. The van der Waals surface area contributed by atoms with Gasteiger partial charge in [-0.1, -0.05) is 0 Å². The van der Waals surface area contributed by atoms with Crippen molar-refractivity contribution >= 4 is 17.9 Å². The van der Waals surface area contributed by atoms with Gasteiger partial charge in [0.05, 0.1) is 11.2 Å². The van der Waals surface area contributed by atoms with E-state index in [1.165, 1.54) is 38.5 Å². The zero-order valence-corrected chi connectivity index (χ0v) is 11.9. The summed E-state index contributed by atoms with van der Waals surface area (Å²) in [6.45, 7) is 1.92. The number of anilines is 2. The number of hydrogen-bond acceptors (Lipinski definition) is 3. The van der Waals surface area contributed by atoms with Gasteiger partial charge in [-0.2, -0.15) is 5.10 Å². The molecule has 20 heavy (non-hydrogen) atoms. The van der Waals surface area contributed by atoms with E-state index in [1.807, 2.05) is 6.92 Å². The molecule has 0 atom stereocenters. The van der Waals surface area contributed by atoms with Crippen LogP contribution in [-0.2, 0) is 10.3 Å². The number of carbonyl (C=O) groups is 1. The summed E-state index contributed by atoms with van der Waals surface area (Å²) in [7, 11) is 0. The highest BCUT2D eigenvalue weighted by Crippen LogP contribution is 2.59. The number of rotatable bonds is 3. The zero-order valence-electron chi connectivity index (χ0n) is 11.9. The minimum Gasteiger partial charge on any atom is -0.382 e. The minimum absolute atomic E-state index is 0.117. The molecule has 0 radical (unpaired) electrons. The molecule has 4 aliphatic rings. The molecule has 1 amide bonds. The second-order valence-electron chi connectivity index (χ2n) is 7.16. The van der Waals surface area contributed by atoms with Crippen molar-refractivity contribution in [2.24, 2.45) is 17.8 Å². The van der Waals surface area contributed by atoms with Crippen LogP contribution < -0.4 is 11.1 Å². The predicted octanol–water partition coefficient (Wildman–Crippen LogP) is 2.27. The normalized spacial score (nSPS) is 38.1. The monoisotopic (exact) mass is 274 g/mol. The molecule has 0 spiro atoms. The third kappa shape index (κ3) is 1.55. The molecule has 0 aliphatic heterocycles. The Bertz CT molecular complexity index is 527. The van der Waals surface area contributed by atoms with Crippen molar-refractivity contribution in [1.82, 2.24) is 9.78 Å². The molecule has 5 rings (SSSR count). The van der Waals surface area contributed by atoms with Crippen molar-refractivity contribution in [3.05, 3.63) is 5.69 Å². The van der Waals surface area contributed by atoms with Gasteiger partial charge in [-0.25, -0.2) is 4.68 Å². The first-order valence-corrected chi connectivity index (χ1v) is 7.67. The number of nitrogens with zero attached hydrogens (tertiary/aromatic N) is 2. The molecular formula is C15H22N4O. The molecule has 5 nitrogen and oxygen atoms in total. The van der Waals surface area contributed by atoms with Crippen molar-refractivity contribution < 1.29 is 4.79 Å². The summed E-state index contributed by atoms with van der Waals surface area (Å²) in [5.41, 5.74) is 7.92. The highest BCUT2D eigenvalue weighted by Gasteiger charge is 2.53. The Kier molecular flexibility index (Phi) is 2.44. The molecule has 1 heterocycles. The van der Waals surface area contributed by atoms with Crippen LogP contribution in [0.3, 0.4) is 0 Å². The molecule has 1 aromatic rings. The van der Waals surface area contributed by atoms with E-state index < -0.39 is 0 Å². The second kappa shape index (κ2) is 3.99. The lowest BCUT2D eigenvalue weighted by Crippen LogP contribution is -2.52. The summed E-state index contributed by atoms with van der Waals surface area (Å²) in [6.07, 6.45) is 8.53. The average molecular weight is 274 g/mol. The SMILES string of the molecule is Cc1nn(C23CC4CC(CC(C4)C2)C3)c(N)c1NC=O. The lowest BCUT2D eigenvalue weighted by atomic mass is 9.53. The first kappa shape index (κ1) is 12.2. The summed E-state index contributed by atoms with van der Waals surface area (Å²) in [5.74, 6) is 3.20. The van der Waals surface area contributed by atoms with Crippen molar-refractivity contribution in [2.75, 3.05) is 11.1 Å². The standard InChI is InChI=1S/C15H22N4O/c1-9-13(17-8-20)14(16)19(18-9)15-5-10-2-11(6-15)4-12(3-10)7-15/h8,10-12H,2-7,16H2,1H3,(H,17,20). The van der Waals surface area contributed by atoms with Gasteiger partial charge in [-0.15, -0.1) is 0 Å². The molecule has 1 aromatic heterocycles. The van der Waals surface area contributed by atoms with Crippen LogP contribution in [0.25, 0.3) is 0 Å². The number of hydrogen-bond donors (Lipinski definition) is 2. The number of carbonyl (C=O) groups excluding carboxylic acids is 1. The van der Waals surface area contributed by atoms with Crippen LogP contribution in [0.2, 0.25) is 0 Å². The second-order valence-corrected chi connectivity index (χ2v) is 7.16. The molecule has 4 saturated carbocycles. The van der Waals surface area contributed by atoms with Crippen LogP contribution in [0.5, 0.6) is 0 Å². The number of aryl methyl sites for hydroxylation is 1. The third-order valence-corrected chi connectivity index (χ3v) is 5.75. The van der Waals surface area contributed by atoms with E-state index in [1.54, 1.807) is 0 Å². The largest absolute Gasteiger partial charge is 0.382 e. The quantitative estimate of drug-likeness (QED) is 0.830. The lowest BCUT2D eigenvalue weighted by Gasteiger charge is -2.56. The van der Waals surface area contributed by atoms with Gasteiger partial charge < -0.3 is 11.1 Å². The summed E-state index contributed by atoms with van der Waals surface area (Å²) >= 11 is 0. The number of nitrogens with one attached hydrogen (secondary N) is 1. The van der Waals surface area contributed by atoms with Gasteiger partial charge in [0.1, 0.15) is 11.5 Å². The van der Waals surface area contributed by atoms with Crippen molar-refractivity contribution in [1.29, 1.82) is 0 Å². The van der Waals surface area contributed by atoms with Gasteiger partial charge in [0.25, 0.3) is 0 Å². The Balaban J connectivity index is 1.77. The van der Waals surface area contributed by atoms with Crippen molar-refractivity contribution in [3.63, 3.8) is 0 Å². The summed E-state index contributed by atoms with van der Waals surface area (Å²) in [5, 5.41) is 7.40. The van der Waals surface area contributed by atoms with Gasteiger partial charge in [0, 0.05) is 0 Å². The number of aromatic nitrogens is 2. The maximum Gasteiger partial charge on any atom is 0.211 e. The molecular weight excluding hydrogens is 252 g/mol. The Hall–Kier alpha value is -1.52. The van der Waals surface area contributed by atoms with E-state index in [9.17, 15) is 4.79 Å². The van der Waals surface area contributed by atoms with E-state index in [4.69, 9.17) is 5.73 Å². The van der Waals surface area contributed by atoms with E-state index in [-0.39, 0.29) is 5.54 Å². The molecule has 5 heteroatoms. The molecule has 0 aromatic carbocycles. The number of nitrogens with two attached hydrogens (primary N) is 1. The van der Waals surface area contributed by atoms with E-state index in [0.29, 0.717) is 17.9 Å². The molecule has 0 saturated heterocycles. The minimum atomic E-state index is 0.117. The fourth-order valence-electron chi connectivity index (χ4n) is 5.47. The van der Waals surface area contributed by atoms with Crippen LogP contribution >= 0.6 is 0 Å². The van der Waals surface area contributed by atoms with Crippen molar-refractivity contribution in [2.45, 2.75) is 51.0 Å². The Labute approximate surface area is 118 Å². The summed E-state index contributed by atoms with van der Waals surface area (Å²) in [6, 6.07) is 0. The number of amides is 1. The van der Waals surface area contributed by atoms with Crippen molar-refractivity contribution in [3.8, 4) is 0 Å². The molecule has 3 N–H and O–H groups in total. The number of nitrogen functional groups attached to an aromatic ring is 1. The average Bonchev–Trinajstić information content (AvgIpc) is 2.66. The van der Waals surface area contributed by atoms with Gasteiger partial charge in [0.2, 0.25) is 6.41 Å². The first-order chi connectivity index (χ1) is 9.61. The topological polar surface area (TPSA) is 72.9 Å². The maximum absolute atomic E-state index is 10.7. The van der Waals surface area contributed by atoms with Crippen LogP contribution in [0.1, 0.15) is 44.2 Å². The Morgan fingerprint density at radius 2 is 1.80 bits per heavy atom. The lowest BCUT2D eigenvalue weighted by molar-refractivity contribution is -0.105. The van der Waals surface area contributed by atoms with Gasteiger partial charge in [-0.3, -0.25) is 4.79 Å². The summed E-state index contributed by atoms with van der Waals surface area (Å²) < 4.78 is 2.05. The summed E-state index contributed by atoms with van der Waals surface area (Å²) in [4.78, 5) is 10.7. The highest BCUT2D eigenvalue weighted by molar-refractivity contribution is 5.79. The van der Waals surface area contributed by atoms with Gasteiger partial charge in [-0.05, 0) is 63.2 Å².